The zero-order valence-electron chi connectivity index (χ0n) is 19.5. The van der Waals surface area contributed by atoms with Gasteiger partial charge in [-0.05, 0) is 47.9 Å². The van der Waals surface area contributed by atoms with Crippen LogP contribution in [0, 0.1) is 5.92 Å². The summed E-state index contributed by atoms with van der Waals surface area (Å²) in [6, 6.07) is 13.2. The second-order valence-electron chi connectivity index (χ2n) is 8.92. The first kappa shape index (κ1) is 26.9. The van der Waals surface area contributed by atoms with Crippen LogP contribution < -0.4 is 4.74 Å². The summed E-state index contributed by atoms with van der Waals surface area (Å²) in [6.45, 7) is 4.71. The molecule has 1 aliphatic heterocycles. The van der Waals surface area contributed by atoms with Gasteiger partial charge in [-0.15, -0.1) is 0 Å². The van der Waals surface area contributed by atoms with Crippen molar-refractivity contribution < 1.29 is 26.7 Å². The van der Waals surface area contributed by atoms with Crippen molar-refractivity contribution in [3.05, 3.63) is 59.1 Å². The Kier molecular flexibility index (Phi) is 8.65. The molecule has 0 spiro atoms. The molecule has 0 bridgehead atoms. The summed E-state index contributed by atoms with van der Waals surface area (Å²) in [6.07, 6.45) is -0.122. The summed E-state index contributed by atoms with van der Waals surface area (Å²) in [4.78, 5) is 0.141. The molecule has 34 heavy (non-hydrogen) atoms. The van der Waals surface area contributed by atoms with Gasteiger partial charge in [-0.1, -0.05) is 37.6 Å². The van der Waals surface area contributed by atoms with Crippen LogP contribution in [0.5, 0.6) is 5.75 Å². The van der Waals surface area contributed by atoms with Gasteiger partial charge >= 0.3 is 0 Å². The highest BCUT2D eigenvalue weighted by molar-refractivity contribution is 7.89. The van der Waals surface area contributed by atoms with Crippen LogP contribution >= 0.6 is 11.6 Å². The standard InChI is InChI=1S/C23H31ClN2O6S2/c1-17(2)14-26(15-18-4-6-19(24)7-5-18)34(30,31)21-10-8-20(9-11-21)32-23-12-13-25(16-22(23)27)33(3,28)29/h4-11,17,22-23,27H,12-16H2,1-3H3/t22-,23-/m0/s1. The van der Waals surface area contributed by atoms with E-state index in [2.05, 4.69) is 0 Å². The molecule has 2 aromatic carbocycles. The average Bonchev–Trinajstić information content (AvgIpc) is 2.75. The van der Waals surface area contributed by atoms with Crippen molar-refractivity contribution >= 4 is 31.6 Å². The molecule has 11 heteroatoms. The Balaban J connectivity index is 1.72. The zero-order chi connectivity index (χ0) is 25.1. The fraction of sp³-hybridized carbons (Fsp3) is 0.478. The maximum Gasteiger partial charge on any atom is 0.243 e. The van der Waals surface area contributed by atoms with Crippen LogP contribution in [0.4, 0.5) is 0 Å². The molecule has 1 saturated heterocycles. The number of piperidine rings is 1. The molecule has 0 aliphatic carbocycles. The lowest BCUT2D eigenvalue weighted by atomic mass is 10.1. The minimum atomic E-state index is -3.77. The van der Waals surface area contributed by atoms with Gasteiger partial charge in [0.15, 0.2) is 0 Å². The highest BCUT2D eigenvalue weighted by atomic mass is 35.5. The minimum absolute atomic E-state index is 0.0369. The predicted octanol–water partition coefficient (Wildman–Crippen LogP) is 2.96. The van der Waals surface area contributed by atoms with E-state index in [1.807, 2.05) is 26.0 Å². The van der Waals surface area contributed by atoms with E-state index < -0.39 is 32.3 Å². The Bertz CT molecular complexity index is 1170. The molecule has 188 valence electrons. The van der Waals surface area contributed by atoms with Gasteiger partial charge in [0.1, 0.15) is 18.0 Å². The third-order valence-corrected chi connectivity index (χ3v) is 8.89. The molecule has 3 rings (SSSR count). The molecule has 0 radical (unpaired) electrons. The molecule has 0 saturated carbocycles. The van der Waals surface area contributed by atoms with Gasteiger partial charge in [-0.25, -0.2) is 16.8 Å². The molecule has 1 aliphatic rings. The summed E-state index contributed by atoms with van der Waals surface area (Å²) in [5, 5.41) is 10.9. The maximum atomic E-state index is 13.4. The lowest BCUT2D eigenvalue weighted by molar-refractivity contribution is -0.00449. The summed E-state index contributed by atoms with van der Waals surface area (Å²) in [7, 11) is -7.15. The number of benzene rings is 2. The second kappa shape index (κ2) is 10.9. The second-order valence-corrected chi connectivity index (χ2v) is 13.3. The molecular weight excluding hydrogens is 500 g/mol. The van der Waals surface area contributed by atoms with Crippen molar-refractivity contribution in [3.63, 3.8) is 0 Å². The van der Waals surface area contributed by atoms with Gasteiger partial charge in [0.25, 0.3) is 0 Å². The number of rotatable bonds is 9. The van der Waals surface area contributed by atoms with Crippen LogP contribution in [-0.4, -0.2) is 68.7 Å². The topological polar surface area (TPSA) is 104 Å². The van der Waals surface area contributed by atoms with E-state index in [9.17, 15) is 21.9 Å². The van der Waals surface area contributed by atoms with E-state index in [1.54, 1.807) is 24.3 Å². The summed E-state index contributed by atoms with van der Waals surface area (Å²) < 4.78 is 58.6. The normalized spacial score (nSPS) is 20.1. The minimum Gasteiger partial charge on any atom is -0.488 e. The molecule has 1 heterocycles. The van der Waals surface area contributed by atoms with E-state index >= 15 is 0 Å². The Labute approximate surface area is 207 Å². The highest BCUT2D eigenvalue weighted by Gasteiger charge is 2.33. The Morgan fingerprint density at radius 1 is 1.09 bits per heavy atom. The number of aliphatic hydroxyl groups is 1. The van der Waals surface area contributed by atoms with E-state index in [-0.39, 0.29) is 30.4 Å². The van der Waals surface area contributed by atoms with Crippen LogP contribution in [-0.2, 0) is 26.6 Å². The van der Waals surface area contributed by atoms with Gasteiger partial charge in [-0.3, -0.25) is 0 Å². The number of nitrogens with zero attached hydrogens (tertiary/aromatic N) is 2. The fourth-order valence-corrected chi connectivity index (χ4v) is 6.36. The van der Waals surface area contributed by atoms with E-state index in [0.717, 1.165) is 11.8 Å². The molecule has 2 aromatic rings. The molecule has 1 fully saturated rings. The van der Waals surface area contributed by atoms with Crippen LogP contribution in [0.2, 0.25) is 5.02 Å². The molecule has 1 N–H and O–H groups in total. The average molecular weight is 531 g/mol. The molecule has 0 aromatic heterocycles. The molecule has 2 atom stereocenters. The Hall–Kier alpha value is -1.69. The van der Waals surface area contributed by atoms with Crippen molar-refractivity contribution in [1.82, 2.24) is 8.61 Å². The number of β-amino-alcohol motifs (C(OH)–C–C–N with tert-alkyl or cyclic N) is 1. The van der Waals surface area contributed by atoms with Gasteiger partial charge < -0.3 is 9.84 Å². The van der Waals surface area contributed by atoms with Crippen molar-refractivity contribution in [1.29, 1.82) is 0 Å². The van der Waals surface area contributed by atoms with Crippen molar-refractivity contribution in [2.75, 3.05) is 25.9 Å². The van der Waals surface area contributed by atoms with Crippen LogP contribution in [0.3, 0.4) is 0 Å². The van der Waals surface area contributed by atoms with E-state index in [4.69, 9.17) is 16.3 Å². The Morgan fingerprint density at radius 3 is 2.24 bits per heavy atom. The van der Waals surface area contributed by atoms with Crippen LogP contribution in [0.25, 0.3) is 0 Å². The molecule has 0 unspecified atom stereocenters. The smallest absolute Gasteiger partial charge is 0.243 e. The molecule has 0 amide bonds. The maximum absolute atomic E-state index is 13.4. The summed E-state index contributed by atoms with van der Waals surface area (Å²) in [5.74, 6) is 0.535. The summed E-state index contributed by atoms with van der Waals surface area (Å²) in [5.41, 5.74) is 0.836. The van der Waals surface area contributed by atoms with E-state index in [0.29, 0.717) is 23.7 Å². The lowest BCUT2D eigenvalue weighted by Gasteiger charge is -2.34. The highest BCUT2D eigenvalue weighted by Crippen LogP contribution is 2.25. The van der Waals surface area contributed by atoms with Gasteiger partial charge in [0.2, 0.25) is 20.0 Å². The van der Waals surface area contributed by atoms with Crippen molar-refractivity contribution in [2.45, 2.75) is 43.9 Å². The fourth-order valence-electron chi connectivity index (χ4n) is 3.78. The first-order chi connectivity index (χ1) is 15.9. The molecular formula is C23H31ClN2O6S2. The van der Waals surface area contributed by atoms with Crippen LogP contribution in [0.15, 0.2) is 53.4 Å². The van der Waals surface area contributed by atoms with Crippen molar-refractivity contribution in [3.8, 4) is 5.75 Å². The summed E-state index contributed by atoms with van der Waals surface area (Å²) >= 11 is 5.95. The number of sulfonamides is 2. The van der Waals surface area contributed by atoms with Gasteiger partial charge in [0.05, 0.1) is 11.2 Å². The first-order valence-corrected chi connectivity index (χ1v) is 14.7. The number of hydrogen-bond donors (Lipinski definition) is 1. The molecule has 8 nitrogen and oxygen atoms in total. The van der Waals surface area contributed by atoms with Gasteiger partial charge in [-0.2, -0.15) is 8.61 Å². The number of aliphatic hydroxyl groups excluding tert-OH is 1. The quantitative estimate of drug-likeness (QED) is 0.534. The monoisotopic (exact) mass is 530 g/mol. The lowest BCUT2D eigenvalue weighted by Crippen LogP contribution is -2.50. The third-order valence-electron chi connectivity index (χ3n) is 5.54. The van der Waals surface area contributed by atoms with Crippen LogP contribution in [0.1, 0.15) is 25.8 Å². The van der Waals surface area contributed by atoms with Crippen molar-refractivity contribution in [2.24, 2.45) is 5.92 Å². The number of ether oxygens (including phenoxy) is 1. The predicted molar refractivity (Wildman–Crippen MR) is 132 cm³/mol. The largest absolute Gasteiger partial charge is 0.488 e. The first-order valence-electron chi connectivity index (χ1n) is 11.0. The number of hydrogen-bond acceptors (Lipinski definition) is 6. The third kappa shape index (κ3) is 6.93. The Morgan fingerprint density at radius 2 is 1.71 bits per heavy atom. The SMILES string of the molecule is CC(C)CN(Cc1ccc(Cl)cc1)S(=O)(=O)c1ccc(O[C@H]2CCN(S(C)(=O)=O)C[C@@H]2O)cc1. The zero-order valence-corrected chi connectivity index (χ0v) is 21.9. The number of halogens is 1. The van der Waals surface area contributed by atoms with Gasteiger partial charge in [0, 0.05) is 37.6 Å². The van der Waals surface area contributed by atoms with E-state index in [1.165, 1.54) is 20.7 Å².